The van der Waals surface area contributed by atoms with Gasteiger partial charge in [-0.15, -0.1) is 11.3 Å². The predicted molar refractivity (Wildman–Crippen MR) is 99.7 cm³/mol. The molecule has 1 aromatic heterocycles. The molecule has 2 aromatic carbocycles. The molecule has 3 aromatic rings. The molecule has 26 heavy (non-hydrogen) atoms. The Morgan fingerprint density at radius 2 is 1.77 bits per heavy atom. The van der Waals surface area contributed by atoms with Gasteiger partial charge in [0.05, 0.1) is 19.9 Å². The molecule has 0 radical (unpaired) electrons. The van der Waals surface area contributed by atoms with E-state index in [0.717, 1.165) is 16.1 Å². The van der Waals surface area contributed by atoms with Crippen LogP contribution in [-0.2, 0) is 0 Å². The van der Waals surface area contributed by atoms with Gasteiger partial charge in [0, 0.05) is 16.0 Å². The number of aryl methyl sites for hydroxylation is 1. The van der Waals surface area contributed by atoms with Crippen molar-refractivity contribution in [3.05, 3.63) is 58.7 Å². The summed E-state index contributed by atoms with van der Waals surface area (Å²) in [5.41, 5.74) is 1.98. The van der Waals surface area contributed by atoms with Crippen LogP contribution in [0.2, 0.25) is 0 Å². The van der Waals surface area contributed by atoms with Gasteiger partial charge in [0.25, 0.3) is 5.91 Å². The van der Waals surface area contributed by atoms with Gasteiger partial charge in [-0.2, -0.15) is 0 Å². The number of methoxy groups -OCH3 is 2. The highest BCUT2D eigenvalue weighted by atomic mass is 32.1. The Balaban J connectivity index is 1.85. The molecular formula is C19H17FN2O3S. The minimum Gasteiger partial charge on any atom is -0.493 e. The second kappa shape index (κ2) is 7.53. The van der Waals surface area contributed by atoms with Crippen molar-refractivity contribution in [2.24, 2.45) is 0 Å². The first-order valence-electron chi connectivity index (χ1n) is 7.78. The lowest BCUT2D eigenvalue weighted by atomic mass is 10.1. The number of rotatable bonds is 5. The number of thiazole rings is 1. The van der Waals surface area contributed by atoms with Gasteiger partial charge in [-0.3, -0.25) is 10.1 Å². The topological polar surface area (TPSA) is 60.5 Å². The molecule has 0 fully saturated rings. The summed E-state index contributed by atoms with van der Waals surface area (Å²) in [5.74, 6) is 0.517. The molecule has 0 atom stereocenters. The zero-order chi connectivity index (χ0) is 18.7. The van der Waals surface area contributed by atoms with E-state index in [1.54, 1.807) is 14.2 Å². The lowest BCUT2D eigenvalue weighted by molar-refractivity contribution is 0.102. The van der Waals surface area contributed by atoms with Crippen LogP contribution in [0.15, 0.2) is 42.5 Å². The number of hydrogen-bond acceptors (Lipinski definition) is 5. The molecule has 1 N–H and O–H groups in total. The number of carbonyl (C=O) groups is 1. The van der Waals surface area contributed by atoms with Gasteiger partial charge < -0.3 is 9.47 Å². The fourth-order valence-corrected chi connectivity index (χ4v) is 3.30. The predicted octanol–water partition coefficient (Wildman–Crippen LogP) is 4.53. The van der Waals surface area contributed by atoms with Crippen LogP contribution in [0.4, 0.5) is 9.52 Å². The van der Waals surface area contributed by atoms with Crippen molar-refractivity contribution in [1.29, 1.82) is 0 Å². The van der Waals surface area contributed by atoms with E-state index in [1.807, 2.05) is 25.1 Å². The Morgan fingerprint density at radius 3 is 2.42 bits per heavy atom. The molecule has 0 bridgehead atoms. The van der Waals surface area contributed by atoms with Crippen LogP contribution >= 0.6 is 11.3 Å². The summed E-state index contributed by atoms with van der Waals surface area (Å²) in [6, 6.07) is 10.9. The molecule has 0 unspecified atom stereocenters. The fourth-order valence-electron chi connectivity index (χ4n) is 2.47. The maximum absolute atomic E-state index is 13.0. The molecule has 7 heteroatoms. The summed E-state index contributed by atoms with van der Waals surface area (Å²) in [7, 11) is 3.15. The molecule has 0 saturated carbocycles. The number of anilines is 1. The number of ether oxygens (including phenoxy) is 2. The summed E-state index contributed by atoms with van der Waals surface area (Å²) >= 11 is 1.37. The lowest BCUT2D eigenvalue weighted by Gasteiger charge is -2.08. The smallest absolute Gasteiger partial charge is 0.257 e. The first-order valence-corrected chi connectivity index (χ1v) is 8.60. The van der Waals surface area contributed by atoms with Gasteiger partial charge in [0.15, 0.2) is 16.6 Å². The number of hydrogen-bond donors (Lipinski definition) is 1. The lowest BCUT2D eigenvalue weighted by Crippen LogP contribution is -2.11. The molecule has 1 heterocycles. The van der Waals surface area contributed by atoms with Crippen LogP contribution < -0.4 is 14.8 Å². The van der Waals surface area contributed by atoms with Gasteiger partial charge in [0.2, 0.25) is 0 Å². The molecule has 0 saturated heterocycles. The van der Waals surface area contributed by atoms with E-state index in [2.05, 4.69) is 10.3 Å². The van der Waals surface area contributed by atoms with Crippen molar-refractivity contribution in [2.45, 2.75) is 6.92 Å². The SMILES string of the molecule is COc1ccc(-c2nc(NC(=O)c3ccc(F)cc3)sc2C)cc1OC. The third kappa shape index (κ3) is 3.67. The van der Waals surface area contributed by atoms with Gasteiger partial charge in [-0.05, 0) is 49.4 Å². The number of benzene rings is 2. The first kappa shape index (κ1) is 17.9. The molecular weight excluding hydrogens is 355 g/mol. The highest BCUT2D eigenvalue weighted by Gasteiger charge is 2.15. The Morgan fingerprint density at radius 1 is 1.08 bits per heavy atom. The number of carbonyl (C=O) groups excluding carboxylic acids is 1. The van der Waals surface area contributed by atoms with E-state index in [4.69, 9.17) is 9.47 Å². The maximum atomic E-state index is 13.0. The van der Waals surface area contributed by atoms with E-state index in [1.165, 1.54) is 35.6 Å². The van der Waals surface area contributed by atoms with Gasteiger partial charge in [-0.1, -0.05) is 0 Å². The zero-order valence-corrected chi connectivity index (χ0v) is 15.3. The Bertz CT molecular complexity index is 938. The number of nitrogens with zero attached hydrogens (tertiary/aromatic N) is 1. The van der Waals surface area contributed by atoms with Gasteiger partial charge in [0.1, 0.15) is 5.82 Å². The first-order chi connectivity index (χ1) is 12.5. The monoisotopic (exact) mass is 372 g/mol. The van der Waals surface area contributed by atoms with E-state index >= 15 is 0 Å². The van der Waals surface area contributed by atoms with E-state index in [9.17, 15) is 9.18 Å². The third-order valence-electron chi connectivity index (χ3n) is 3.78. The Hall–Kier alpha value is -2.93. The summed E-state index contributed by atoms with van der Waals surface area (Å²) < 4.78 is 23.5. The highest BCUT2D eigenvalue weighted by molar-refractivity contribution is 7.16. The Labute approximate surface area is 154 Å². The fraction of sp³-hybridized carbons (Fsp3) is 0.158. The van der Waals surface area contributed by atoms with Gasteiger partial charge >= 0.3 is 0 Å². The average Bonchev–Trinajstić information content (AvgIpc) is 3.01. The summed E-state index contributed by atoms with van der Waals surface area (Å²) in [6.45, 7) is 1.93. The number of nitrogens with one attached hydrogen (secondary N) is 1. The summed E-state index contributed by atoms with van der Waals surface area (Å²) in [4.78, 5) is 17.7. The minimum atomic E-state index is -0.387. The van der Waals surface area contributed by atoms with E-state index in [-0.39, 0.29) is 11.7 Å². The van der Waals surface area contributed by atoms with Crippen molar-refractivity contribution < 1.29 is 18.7 Å². The van der Waals surface area contributed by atoms with E-state index < -0.39 is 0 Å². The van der Waals surface area contributed by atoms with Crippen LogP contribution in [0.3, 0.4) is 0 Å². The second-order valence-corrected chi connectivity index (χ2v) is 6.66. The summed E-state index contributed by atoms with van der Waals surface area (Å²) in [5, 5.41) is 3.22. The largest absolute Gasteiger partial charge is 0.493 e. The normalized spacial score (nSPS) is 10.5. The average molecular weight is 372 g/mol. The van der Waals surface area contributed by atoms with Gasteiger partial charge in [-0.25, -0.2) is 9.37 Å². The van der Waals surface area contributed by atoms with Crippen LogP contribution in [0.1, 0.15) is 15.2 Å². The van der Waals surface area contributed by atoms with E-state index in [0.29, 0.717) is 22.2 Å². The van der Waals surface area contributed by atoms with Crippen molar-refractivity contribution >= 4 is 22.4 Å². The second-order valence-electron chi connectivity index (χ2n) is 5.45. The van der Waals surface area contributed by atoms with Crippen molar-refractivity contribution in [2.75, 3.05) is 19.5 Å². The van der Waals surface area contributed by atoms with Crippen molar-refractivity contribution in [3.63, 3.8) is 0 Å². The van der Waals surface area contributed by atoms with Crippen LogP contribution in [0.25, 0.3) is 11.3 Å². The van der Waals surface area contributed by atoms with Crippen LogP contribution in [0.5, 0.6) is 11.5 Å². The molecule has 3 rings (SSSR count). The molecule has 134 valence electrons. The number of aromatic nitrogens is 1. The molecule has 0 aliphatic heterocycles. The number of halogens is 1. The quantitative estimate of drug-likeness (QED) is 0.715. The third-order valence-corrected chi connectivity index (χ3v) is 4.67. The molecule has 1 amide bonds. The zero-order valence-electron chi connectivity index (χ0n) is 14.5. The van der Waals surface area contributed by atoms with Crippen LogP contribution in [0, 0.1) is 12.7 Å². The number of amides is 1. The Kier molecular flexibility index (Phi) is 5.18. The van der Waals surface area contributed by atoms with Crippen LogP contribution in [-0.4, -0.2) is 25.1 Å². The van der Waals surface area contributed by atoms with Crippen molar-refractivity contribution in [1.82, 2.24) is 4.98 Å². The van der Waals surface area contributed by atoms with Crippen molar-refractivity contribution in [3.8, 4) is 22.8 Å². The molecule has 0 aliphatic rings. The maximum Gasteiger partial charge on any atom is 0.257 e. The summed E-state index contributed by atoms with van der Waals surface area (Å²) in [6.07, 6.45) is 0. The molecule has 5 nitrogen and oxygen atoms in total. The minimum absolute atomic E-state index is 0.336. The highest BCUT2D eigenvalue weighted by Crippen LogP contribution is 2.36. The standard InChI is InChI=1S/C19H17FN2O3S/c1-11-17(13-6-9-15(24-2)16(10-13)25-3)21-19(26-11)22-18(23)12-4-7-14(20)8-5-12/h4-10H,1-3H3,(H,21,22,23). The molecule has 0 aliphatic carbocycles. The molecule has 0 spiro atoms.